The first-order chi connectivity index (χ1) is 21.0. The summed E-state index contributed by atoms with van der Waals surface area (Å²) in [6, 6.07) is 8.69. The first kappa shape index (κ1) is 38.2. The van der Waals surface area contributed by atoms with Crippen LogP contribution in [0.2, 0.25) is 0 Å². The van der Waals surface area contributed by atoms with Gasteiger partial charge in [0, 0.05) is 24.8 Å². The first-order valence-electron chi connectivity index (χ1n) is 12.6. The molecule has 1 amide bonds. The van der Waals surface area contributed by atoms with Crippen molar-refractivity contribution >= 4 is 35.2 Å². The van der Waals surface area contributed by atoms with Gasteiger partial charge in [-0.25, -0.2) is 18.5 Å². The molecule has 2 atom stereocenters. The minimum absolute atomic E-state index is 0.159. The fourth-order valence-electron chi connectivity index (χ4n) is 3.41. The lowest BCUT2D eigenvalue weighted by Crippen LogP contribution is -2.27. The van der Waals surface area contributed by atoms with Crippen molar-refractivity contribution in [1.29, 1.82) is 0 Å². The fourth-order valence-corrected chi connectivity index (χ4v) is 5.95. The van der Waals surface area contributed by atoms with E-state index in [0.29, 0.717) is 38.3 Å². The second kappa shape index (κ2) is 17.6. The van der Waals surface area contributed by atoms with E-state index in [1.165, 1.54) is 4.57 Å². The van der Waals surface area contributed by atoms with E-state index in [-0.39, 0.29) is 30.7 Å². The number of aromatic nitrogens is 2. The standard InChI is InChI=1S/C22H27N5O5.H5O10P3/c23-14-16-2-4-17(5-3-16)21(28)25-9-13-30-11-1-12-31-15-18-6-7-20(32-18)27-10-8-19(24)26-22(27)29;1-11(2,3)9-13(7,8)10-12(4,5)6/h2-5,8,10,18,20H,6-7,9,11,13-15,23H2,(H,25,28)(H2,24,26,29);(H,7,8)(H2,1,2,3)(H2,4,5,6)/t18-,20+;/m0./s1. The van der Waals surface area contributed by atoms with E-state index in [2.05, 4.69) is 30.9 Å². The van der Waals surface area contributed by atoms with Gasteiger partial charge < -0.3 is 55.5 Å². The number of benzene rings is 1. The van der Waals surface area contributed by atoms with Crippen LogP contribution < -0.4 is 22.5 Å². The smallest absolute Gasteiger partial charge is 0.444 e. The molecule has 2 heterocycles. The number of hydrogen-bond acceptors (Lipinski definition) is 13. The summed E-state index contributed by atoms with van der Waals surface area (Å²) in [5.74, 6) is 2.76. The summed E-state index contributed by atoms with van der Waals surface area (Å²) in [6.45, 7) is 1.62. The molecule has 250 valence electrons. The second-order valence-electron chi connectivity index (χ2n) is 8.74. The van der Waals surface area contributed by atoms with Gasteiger partial charge in [0.1, 0.15) is 31.4 Å². The summed E-state index contributed by atoms with van der Waals surface area (Å²) in [5.41, 5.74) is 12.2. The van der Waals surface area contributed by atoms with Crippen LogP contribution in [0.3, 0.4) is 0 Å². The molecule has 0 bridgehead atoms. The Labute approximate surface area is 255 Å². The Hall–Kier alpha value is -2.98. The van der Waals surface area contributed by atoms with Crippen LogP contribution in [0.1, 0.15) is 35.0 Å². The highest BCUT2D eigenvalue weighted by Crippen LogP contribution is 2.64. The maximum absolute atomic E-state index is 12.0. The molecule has 1 aliphatic rings. The number of ether oxygens (including phenoxy) is 3. The van der Waals surface area contributed by atoms with Crippen LogP contribution in [0.25, 0.3) is 0 Å². The molecule has 2 aromatic rings. The van der Waals surface area contributed by atoms with Gasteiger partial charge in [-0.3, -0.25) is 9.36 Å². The molecule has 1 aromatic carbocycles. The number of anilines is 1. The van der Waals surface area contributed by atoms with Crippen LogP contribution in [-0.4, -0.2) is 72.4 Å². The Balaban J connectivity index is 0.000000459. The van der Waals surface area contributed by atoms with E-state index >= 15 is 0 Å². The maximum atomic E-state index is 12.0. The summed E-state index contributed by atoms with van der Waals surface area (Å²) in [5, 5.41) is 2.77. The van der Waals surface area contributed by atoms with Crippen molar-refractivity contribution in [3.05, 3.63) is 58.1 Å². The molecule has 1 fully saturated rings. The van der Waals surface area contributed by atoms with E-state index in [9.17, 15) is 23.3 Å². The lowest BCUT2D eigenvalue weighted by molar-refractivity contribution is -0.0245. The fraction of sp³-hybridized carbons (Fsp3) is 0.409. The second-order valence-corrected chi connectivity index (χ2v) is 13.0. The number of nitrogens with two attached hydrogens (primary N) is 2. The molecule has 20 nitrogen and oxygen atoms in total. The lowest BCUT2D eigenvalue weighted by atomic mass is 10.1. The molecule has 0 saturated carbocycles. The number of rotatable bonds is 13. The SMILES string of the molecule is NCc1ccc(C(=O)NCCOCC#COC[C@@H]2CC[C@H](n3ccc(N)nc3=O)O2)cc1.O=P(O)(O)OP(=O)(O)OP(=O)(O)O. The molecule has 0 radical (unpaired) electrons. The molecule has 23 heteroatoms. The van der Waals surface area contributed by atoms with E-state index in [1.54, 1.807) is 24.4 Å². The average molecular weight is 699 g/mol. The van der Waals surface area contributed by atoms with Crippen molar-refractivity contribution in [1.82, 2.24) is 14.9 Å². The van der Waals surface area contributed by atoms with Gasteiger partial charge in [-0.1, -0.05) is 12.1 Å². The maximum Gasteiger partial charge on any atom is 0.490 e. The van der Waals surface area contributed by atoms with E-state index in [0.717, 1.165) is 12.0 Å². The van der Waals surface area contributed by atoms with E-state index in [4.69, 9.17) is 50.1 Å². The van der Waals surface area contributed by atoms with E-state index in [1.807, 2.05) is 12.1 Å². The minimum atomic E-state index is -5.46. The molecule has 45 heavy (non-hydrogen) atoms. The quantitative estimate of drug-likeness (QED) is 0.0755. The molecule has 0 aliphatic carbocycles. The van der Waals surface area contributed by atoms with Crippen LogP contribution >= 0.6 is 23.5 Å². The largest absolute Gasteiger partial charge is 0.490 e. The summed E-state index contributed by atoms with van der Waals surface area (Å²) in [6.07, 6.45) is 5.04. The Morgan fingerprint density at radius 1 is 1.07 bits per heavy atom. The zero-order valence-electron chi connectivity index (χ0n) is 23.3. The van der Waals surface area contributed by atoms with Gasteiger partial charge in [0.15, 0.2) is 0 Å². The topological polar surface area (TPSA) is 315 Å². The highest BCUT2D eigenvalue weighted by atomic mass is 31.3. The number of amides is 1. The van der Waals surface area contributed by atoms with Crippen LogP contribution in [0.4, 0.5) is 5.82 Å². The van der Waals surface area contributed by atoms with Crippen LogP contribution in [0.15, 0.2) is 41.3 Å². The van der Waals surface area contributed by atoms with Gasteiger partial charge in [-0.05, 0) is 42.5 Å². The number of hydrogen-bond donors (Lipinski definition) is 8. The number of nitrogens with one attached hydrogen (secondary N) is 1. The Kier molecular flexibility index (Phi) is 15.0. The summed E-state index contributed by atoms with van der Waals surface area (Å²) in [7, 11) is -16.2. The Bertz CT molecular complexity index is 1500. The van der Waals surface area contributed by atoms with Gasteiger partial charge in [0.05, 0.1) is 12.7 Å². The van der Waals surface area contributed by atoms with Gasteiger partial charge in [0.25, 0.3) is 5.91 Å². The van der Waals surface area contributed by atoms with Crippen molar-refractivity contribution in [2.45, 2.75) is 31.7 Å². The summed E-state index contributed by atoms with van der Waals surface area (Å²) in [4.78, 5) is 67.8. The number of nitrogen functional groups attached to an aromatic ring is 1. The highest BCUT2D eigenvalue weighted by Gasteiger charge is 2.38. The third kappa shape index (κ3) is 15.7. The zero-order chi connectivity index (χ0) is 33.7. The molecule has 3 rings (SSSR count). The minimum Gasteiger partial charge on any atom is -0.444 e. The van der Waals surface area contributed by atoms with Gasteiger partial charge >= 0.3 is 29.2 Å². The predicted molar refractivity (Wildman–Crippen MR) is 153 cm³/mol. The van der Waals surface area contributed by atoms with Crippen molar-refractivity contribution in [3.63, 3.8) is 0 Å². The first-order valence-corrected chi connectivity index (χ1v) is 17.1. The number of carbonyl (C=O) groups is 1. The zero-order valence-corrected chi connectivity index (χ0v) is 26.0. The van der Waals surface area contributed by atoms with Crippen molar-refractivity contribution in [2.24, 2.45) is 5.73 Å². The van der Waals surface area contributed by atoms with Crippen molar-refractivity contribution in [3.8, 4) is 12.0 Å². The van der Waals surface area contributed by atoms with Gasteiger partial charge in [0.2, 0.25) is 0 Å². The normalized spacial score (nSPS) is 16.6. The molecule has 0 spiro atoms. The van der Waals surface area contributed by atoms with Crippen molar-refractivity contribution < 1.29 is 65.8 Å². The average Bonchev–Trinajstić information content (AvgIpc) is 3.38. The third-order valence-electron chi connectivity index (χ3n) is 5.24. The lowest BCUT2D eigenvalue weighted by Gasteiger charge is -2.14. The predicted octanol–water partition coefficient (Wildman–Crippen LogP) is -0.309. The monoisotopic (exact) mass is 699 g/mol. The van der Waals surface area contributed by atoms with Crippen LogP contribution in [0.5, 0.6) is 0 Å². The number of phosphoric acid groups is 3. The van der Waals surface area contributed by atoms with Crippen LogP contribution in [-0.2, 0) is 43.1 Å². The highest BCUT2D eigenvalue weighted by molar-refractivity contribution is 7.66. The molecular weight excluding hydrogens is 667 g/mol. The third-order valence-corrected chi connectivity index (χ3v) is 8.59. The van der Waals surface area contributed by atoms with Crippen LogP contribution in [0, 0.1) is 12.0 Å². The van der Waals surface area contributed by atoms with Gasteiger partial charge in [-0.15, -0.1) is 0 Å². The molecule has 10 N–H and O–H groups in total. The molecular formula is C22H32N5O15P3. The molecule has 1 aromatic heterocycles. The summed E-state index contributed by atoms with van der Waals surface area (Å²) < 4.78 is 54.3. The van der Waals surface area contributed by atoms with Gasteiger partial charge in [-0.2, -0.15) is 13.6 Å². The Morgan fingerprint density at radius 2 is 1.71 bits per heavy atom. The molecule has 1 saturated heterocycles. The van der Waals surface area contributed by atoms with Crippen molar-refractivity contribution in [2.75, 3.05) is 32.1 Å². The number of carbonyl (C=O) groups excluding carboxylic acids is 1. The summed E-state index contributed by atoms with van der Waals surface area (Å²) >= 11 is 0. The Morgan fingerprint density at radius 3 is 2.29 bits per heavy atom. The van der Waals surface area contributed by atoms with E-state index < -0.39 is 29.2 Å². The number of nitrogens with zero attached hydrogens (tertiary/aromatic N) is 2. The molecule has 1 aliphatic heterocycles. The molecule has 0 unspecified atom stereocenters.